The average Bonchev–Trinajstić information content (AvgIpc) is 2.79. The van der Waals surface area contributed by atoms with Crippen molar-refractivity contribution in [2.24, 2.45) is 5.92 Å². The van der Waals surface area contributed by atoms with E-state index < -0.39 is 50.1 Å². The summed E-state index contributed by atoms with van der Waals surface area (Å²) in [5, 5.41) is 36.4. The molecule has 0 unspecified atom stereocenters. The number of esters is 1. The molecule has 0 aromatic carbocycles. The van der Waals surface area contributed by atoms with Gasteiger partial charge < -0.3 is 30.1 Å². The van der Waals surface area contributed by atoms with Gasteiger partial charge in [0, 0.05) is 39.3 Å². The second-order valence-corrected chi connectivity index (χ2v) is 8.68. The predicted octanol–water partition coefficient (Wildman–Crippen LogP) is -1.97. The van der Waals surface area contributed by atoms with E-state index in [1.165, 1.54) is 9.80 Å². The maximum Gasteiger partial charge on any atom is 0.317 e. The van der Waals surface area contributed by atoms with Crippen LogP contribution in [0.25, 0.3) is 0 Å². The highest BCUT2D eigenvalue weighted by atomic mass is 16.5. The Hall–Kier alpha value is -3.30. The smallest absolute Gasteiger partial charge is 0.317 e. The van der Waals surface area contributed by atoms with E-state index in [2.05, 4.69) is 0 Å². The molecule has 15 nitrogen and oxygen atoms in total. The van der Waals surface area contributed by atoms with Crippen molar-refractivity contribution in [2.75, 3.05) is 78.6 Å². The van der Waals surface area contributed by atoms with Gasteiger partial charge in [-0.25, -0.2) is 0 Å². The second kappa shape index (κ2) is 16.4. The van der Waals surface area contributed by atoms with Crippen LogP contribution in [0.2, 0.25) is 0 Å². The molecule has 0 bridgehead atoms. The average molecular weight is 533 g/mol. The summed E-state index contributed by atoms with van der Waals surface area (Å²) in [5.74, 6) is -5.72. The van der Waals surface area contributed by atoms with E-state index in [4.69, 9.17) is 14.9 Å². The summed E-state index contributed by atoms with van der Waals surface area (Å²) in [7, 11) is 0. The predicted molar refractivity (Wildman–Crippen MR) is 126 cm³/mol. The standard InChI is InChI=1S/C22H36N4O11/c1-2-37-22(36)16-3-5-26(6-4-16)17(27)11-24(13-19(30)31)9-7-23(12-18(28)29)8-10-25(14-20(32)33)15-21(34)35/h16H,2-15H2,1H3,(H,28,29)(H,30,31)(H,32,33)(H,34,35). The Labute approximate surface area is 214 Å². The third kappa shape index (κ3) is 13.5. The molecule has 0 aromatic heterocycles. The zero-order valence-electron chi connectivity index (χ0n) is 20.9. The van der Waals surface area contributed by atoms with Crippen LogP contribution in [-0.4, -0.2) is 154 Å². The second-order valence-electron chi connectivity index (χ2n) is 8.68. The monoisotopic (exact) mass is 532 g/mol. The molecule has 0 aliphatic carbocycles. The van der Waals surface area contributed by atoms with E-state index in [1.807, 2.05) is 0 Å². The topological polar surface area (TPSA) is 206 Å². The Bertz CT molecular complexity index is 798. The first-order chi connectivity index (χ1) is 17.4. The third-order valence-corrected chi connectivity index (χ3v) is 5.73. The normalized spacial score (nSPS) is 14.2. The van der Waals surface area contributed by atoms with Crippen molar-refractivity contribution in [3.05, 3.63) is 0 Å². The minimum Gasteiger partial charge on any atom is -0.480 e. The van der Waals surface area contributed by atoms with Crippen molar-refractivity contribution in [1.29, 1.82) is 0 Å². The molecular formula is C22H36N4O11. The first-order valence-corrected chi connectivity index (χ1v) is 11.9. The molecule has 210 valence electrons. The molecule has 1 amide bonds. The van der Waals surface area contributed by atoms with Crippen molar-refractivity contribution >= 4 is 35.8 Å². The van der Waals surface area contributed by atoms with E-state index >= 15 is 0 Å². The molecule has 37 heavy (non-hydrogen) atoms. The highest BCUT2D eigenvalue weighted by molar-refractivity contribution is 5.80. The molecule has 4 N–H and O–H groups in total. The largest absolute Gasteiger partial charge is 0.480 e. The molecule has 15 heteroatoms. The van der Waals surface area contributed by atoms with Crippen molar-refractivity contribution in [2.45, 2.75) is 19.8 Å². The van der Waals surface area contributed by atoms with E-state index in [1.54, 1.807) is 11.8 Å². The zero-order chi connectivity index (χ0) is 28.0. The Kier molecular flexibility index (Phi) is 14.1. The number of hydrogen-bond acceptors (Lipinski definition) is 10. The third-order valence-electron chi connectivity index (χ3n) is 5.73. The summed E-state index contributed by atoms with van der Waals surface area (Å²) in [6.07, 6.45) is 0.887. The SMILES string of the molecule is CCOC(=O)C1CCN(C(=O)CN(CCN(CCN(CC(=O)O)CC(=O)O)CC(=O)O)CC(=O)O)CC1. The first-order valence-electron chi connectivity index (χ1n) is 11.9. The first kappa shape index (κ1) is 31.7. The number of amides is 1. The minimum atomic E-state index is -1.23. The van der Waals surface area contributed by atoms with Gasteiger partial charge in [0.15, 0.2) is 0 Å². The van der Waals surface area contributed by atoms with Crippen LogP contribution >= 0.6 is 0 Å². The Morgan fingerprint density at radius 3 is 1.46 bits per heavy atom. The van der Waals surface area contributed by atoms with Crippen molar-refractivity contribution in [3.8, 4) is 0 Å². The summed E-state index contributed by atoms with van der Waals surface area (Å²) < 4.78 is 5.02. The molecule has 0 spiro atoms. The molecule has 0 radical (unpaired) electrons. The molecule has 0 saturated carbocycles. The molecule has 0 atom stereocenters. The van der Waals surface area contributed by atoms with Crippen LogP contribution in [0.4, 0.5) is 0 Å². The molecular weight excluding hydrogens is 496 g/mol. The number of likely N-dealkylation sites (tertiary alicyclic amines) is 1. The van der Waals surface area contributed by atoms with E-state index in [9.17, 15) is 39.0 Å². The summed E-state index contributed by atoms with van der Waals surface area (Å²) >= 11 is 0. The van der Waals surface area contributed by atoms with Crippen molar-refractivity contribution < 1.29 is 53.9 Å². The number of rotatable bonds is 18. The quantitative estimate of drug-likeness (QED) is 0.141. The number of carboxylic acid groups (broad SMARTS) is 4. The van der Waals surface area contributed by atoms with E-state index in [0.29, 0.717) is 25.9 Å². The number of ether oxygens (including phenoxy) is 1. The molecule has 1 rings (SSSR count). The van der Waals surface area contributed by atoms with Gasteiger partial charge >= 0.3 is 29.8 Å². The fourth-order valence-corrected chi connectivity index (χ4v) is 3.94. The van der Waals surface area contributed by atoms with Crippen LogP contribution in [0.1, 0.15) is 19.8 Å². The van der Waals surface area contributed by atoms with Gasteiger partial charge in [0.1, 0.15) is 0 Å². The maximum absolute atomic E-state index is 12.8. The van der Waals surface area contributed by atoms with Crippen molar-refractivity contribution in [3.63, 3.8) is 0 Å². The maximum atomic E-state index is 12.8. The lowest BCUT2D eigenvalue weighted by Gasteiger charge is -2.33. The van der Waals surface area contributed by atoms with Gasteiger partial charge in [0.25, 0.3) is 0 Å². The zero-order valence-corrected chi connectivity index (χ0v) is 20.9. The summed E-state index contributed by atoms with van der Waals surface area (Å²) in [5.41, 5.74) is 0. The highest BCUT2D eigenvalue weighted by Crippen LogP contribution is 2.19. The van der Waals surface area contributed by atoms with Crippen LogP contribution in [0.15, 0.2) is 0 Å². The fourth-order valence-electron chi connectivity index (χ4n) is 3.94. The summed E-state index contributed by atoms with van der Waals surface area (Å²) in [4.78, 5) is 74.7. The van der Waals surface area contributed by atoms with E-state index in [0.717, 1.165) is 4.90 Å². The minimum absolute atomic E-state index is 0.0170. The van der Waals surface area contributed by atoms with Gasteiger partial charge in [-0.15, -0.1) is 0 Å². The molecule has 1 heterocycles. The Balaban J connectivity index is 2.72. The van der Waals surface area contributed by atoms with Gasteiger partial charge in [-0.05, 0) is 19.8 Å². The van der Waals surface area contributed by atoms with Gasteiger partial charge in [-0.1, -0.05) is 0 Å². The number of carbonyl (C=O) groups excluding carboxylic acids is 2. The van der Waals surface area contributed by atoms with Crippen LogP contribution in [0.5, 0.6) is 0 Å². The van der Waals surface area contributed by atoms with Crippen LogP contribution in [0, 0.1) is 5.92 Å². The van der Waals surface area contributed by atoms with Gasteiger partial charge in [0.05, 0.1) is 45.2 Å². The number of aliphatic carboxylic acids is 4. The molecule has 1 saturated heterocycles. The van der Waals surface area contributed by atoms with Crippen LogP contribution in [-0.2, 0) is 33.5 Å². The highest BCUT2D eigenvalue weighted by Gasteiger charge is 2.29. The van der Waals surface area contributed by atoms with Crippen molar-refractivity contribution in [1.82, 2.24) is 19.6 Å². The Morgan fingerprint density at radius 2 is 1.05 bits per heavy atom. The number of piperidine rings is 1. The summed E-state index contributed by atoms with van der Waals surface area (Å²) in [6, 6.07) is 0. The molecule has 0 aromatic rings. The van der Waals surface area contributed by atoms with E-state index in [-0.39, 0.29) is 57.1 Å². The lowest BCUT2D eigenvalue weighted by Crippen LogP contribution is -2.48. The lowest BCUT2D eigenvalue weighted by atomic mass is 9.97. The number of carbonyl (C=O) groups is 6. The van der Waals surface area contributed by atoms with Gasteiger partial charge in [-0.3, -0.25) is 43.5 Å². The van der Waals surface area contributed by atoms with Crippen LogP contribution < -0.4 is 0 Å². The van der Waals surface area contributed by atoms with Gasteiger partial charge in [-0.2, -0.15) is 0 Å². The Morgan fingerprint density at radius 1 is 0.676 bits per heavy atom. The molecule has 1 fully saturated rings. The number of nitrogens with zero attached hydrogens (tertiary/aromatic N) is 4. The number of hydrogen-bond donors (Lipinski definition) is 4. The fraction of sp³-hybridized carbons (Fsp3) is 0.727. The lowest BCUT2D eigenvalue weighted by molar-refractivity contribution is -0.151. The number of carboxylic acids is 4. The molecule has 1 aliphatic heterocycles. The van der Waals surface area contributed by atoms with Crippen LogP contribution in [0.3, 0.4) is 0 Å². The summed E-state index contributed by atoms with van der Waals surface area (Å²) in [6.45, 7) is 0.498. The van der Waals surface area contributed by atoms with Gasteiger partial charge in [0.2, 0.25) is 5.91 Å². The molecule has 1 aliphatic rings.